The van der Waals surface area contributed by atoms with Crippen LogP contribution in [0, 0.1) is 5.92 Å². The summed E-state index contributed by atoms with van der Waals surface area (Å²) in [5.74, 6) is 0.733. The molecule has 1 fully saturated rings. The van der Waals surface area contributed by atoms with E-state index in [1.54, 1.807) is 6.20 Å². The zero-order valence-corrected chi connectivity index (χ0v) is 13.8. The van der Waals surface area contributed by atoms with Crippen molar-refractivity contribution in [1.29, 1.82) is 0 Å². The van der Waals surface area contributed by atoms with Crippen molar-refractivity contribution < 1.29 is 0 Å². The Kier molecular flexibility index (Phi) is 4.22. The Morgan fingerprint density at radius 2 is 2.17 bits per heavy atom. The molecule has 4 nitrogen and oxygen atoms in total. The molecule has 118 valence electrons. The molecule has 1 aliphatic rings. The van der Waals surface area contributed by atoms with E-state index in [2.05, 4.69) is 44.3 Å². The molecule has 3 aromatic heterocycles. The predicted octanol–water partition coefficient (Wildman–Crippen LogP) is 3.60. The van der Waals surface area contributed by atoms with Gasteiger partial charge in [0.25, 0.3) is 0 Å². The third-order valence-corrected chi connectivity index (χ3v) is 5.50. The number of hydrogen-bond acceptors (Lipinski definition) is 4. The molecule has 4 rings (SSSR count). The number of nitrogens with zero attached hydrogens (tertiary/aromatic N) is 3. The van der Waals surface area contributed by atoms with Gasteiger partial charge in [0.15, 0.2) is 0 Å². The molecule has 1 atom stereocenters. The maximum absolute atomic E-state index is 4.46. The average Bonchev–Trinajstić information content (AvgIpc) is 3.30. The van der Waals surface area contributed by atoms with Gasteiger partial charge in [-0.05, 0) is 55.6 Å². The zero-order valence-electron chi connectivity index (χ0n) is 13.0. The summed E-state index contributed by atoms with van der Waals surface area (Å²) in [5.41, 5.74) is 2.33. The van der Waals surface area contributed by atoms with Crippen LogP contribution in [0.5, 0.6) is 0 Å². The van der Waals surface area contributed by atoms with Gasteiger partial charge in [0.05, 0.1) is 10.6 Å². The third kappa shape index (κ3) is 3.51. The van der Waals surface area contributed by atoms with Gasteiger partial charge in [-0.15, -0.1) is 11.3 Å². The van der Waals surface area contributed by atoms with Crippen molar-refractivity contribution in [2.45, 2.75) is 19.4 Å². The molecule has 0 bridgehead atoms. The first kappa shape index (κ1) is 14.6. The molecule has 0 radical (unpaired) electrons. The highest BCUT2D eigenvalue weighted by atomic mass is 32.1. The van der Waals surface area contributed by atoms with Crippen molar-refractivity contribution in [1.82, 2.24) is 20.1 Å². The summed E-state index contributed by atoms with van der Waals surface area (Å²) in [6.07, 6.45) is 6.07. The Labute approximate surface area is 140 Å². The third-order valence-electron chi connectivity index (χ3n) is 4.40. The Morgan fingerprint density at radius 1 is 1.17 bits per heavy atom. The lowest BCUT2D eigenvalue weighted by Crippen LogP contribution is -2.20. The van der Waals surface area contributed by atoms with Crippen molar-refractivity contribution in [3.05, 3.63) is 59.4 Å². The van der Waals surface area contributed by atoms with Crippen LogP contribution in [0.4, 0.5) is 0 Å². The number of nitrogens with one attached hydrogen (secondary N) is 1. The van der Waals surface area contributed by atoms with Crippen LogP contribution >= 0.6 is 11.3 Å². The standard InChI is InChI=1S/C18H20N4S/c1-2-8-19-15(3-1)11-14-7-10-22(12-14)13-16-4-5-18(23-16)17-6-9-20-21-17/h1-6,8-9,14H,7,10-13H2,(H,20,21). The van der Waals surface area contributed by atoms with Crippen LogP contribution in [0.2, 0.25) is 0 Å². The summed E-state index contributed by atoms with van der Waals surface area (Å²) in [7, 11) is 0. The quantitative estimate of drug-likeness (QED) is 0.780. The number of thiophene rings is 1. The number of aromatic nitrogens is 3. The molecule has 1 aliphatic heterocycles. The van der Waals surface area contributed by atoms with E-state index in [9.17, 15) is 0 Å². The number of pyridine rings is 1. The molecule has 0 saturated carbocycles. The van der Waals surface area contributed by atoms with Gasteiger partial charge in [0.2, 0.25) is 0 Å². The fourth-order valence-electron chi connectivity index (χ4n) is 3.26. The molecule has 0 aliphatic carbocycles. The average molecular weight is 324 g/mol. The van der Waals surface area contributed by atoms with E-state index in [1.165, 1.54) is 35.0 Å². The van der Waals surface area contributed by atoms with Crippen LogP contribution in [0.25, 0.3) is 10.6 Å². The van der Waals surface area contributed by atoms with Crippen LogP contribution < -0.4 is 0 Å². The highest BCUT2D eigenvalue weighted by Crippen LogP contribution is 2.29. The van der Waals surface area contributed by atoms with Crippen LogP contribution in [0.3, 0.4) is 0 Å². The molecule has 4 heterocycles. The first-order chi connectivity index (χ1) is 11.4. The summed E-state index contributed by atoms with van der Waals surface area (Å²) in [6, 6.07) is 12.7. The minimum Gasteiger partial charge on any atom is -0.298 e. The lowest BCUT2D eigenvalue weighted by atomic mass is 10.0. The van der Waals surface area contributed by atoms with E-state index < -0.39 is 0 Å². The topological polar surface area (TPSA) is 44.8 Å². The van der Waals surface area contributed by atoms with E-state index in [4.69, 9.17) is 0 Å². The van der Waals surface area contributed by atoms with Gasteiger partial charge >= 0.3 is 0 Å². The fraction of sp³-hybridized carbons (Fsp3) is 0.333. The second-order valence-electron chi connectivity index (χ2n) is 6.15. The van der Waals surface area contributed by atoms with Gasteiger partial charge in [0.1, 0.15) is 0 Å². The largest absolute Gasteiger partial charge is 0.298 e. The minimum atomic E-state index is 0.733. The Balaban J connectivity index is 1.34. The summed E-state index contributed by atoms with van der Waals surface area (Å²) < 4.78 is 0. The van der Waals surface area contributed by atoms with Gasteiger partial charge < -0.3 is 0 Å². The van der Waals surface area contributed by atoms with E-state index >= 15 is 0 Å². The number of hydrogen-bond donors (Lipinski definition) is 1. The number of rotatable bonds is 5. The minimum absolute atomic E-state index is 0.733. The monoisotopic (exact) mass is 324 g/mol. The van der Waals surface area contributed by atoms with Gasteiger partial charge in [0, 0.05) is 36.1 Å². The Morgan fingerprint density at radius 3 is 3.00 bits per heavy atom. The van der Waals surface area contributed by atoms with Crippen molar-refractivity contribution in [2.75, 3.05) is 13.1 Å². The van der Waals surface area contributed by atoms with Crippen LogP contribution in [-0.2, 0) is 13.0 Å². The summed E-state index contributed by atoms with van der Waals surface area (Å²) in [6.45, 7) is 3.42. The molecule has 1 saturated heterocycles. The van der Waals surface area contributed by atoms with E-state index in [1.807, 2.05) is 29.7 Å². The Hall–Kier alpha value is -1.98. The summed E-state index contributed by atoms with van der Waals surface area (Å²) >= 11 is 1.86. The fourth-order valence-corrected chi connectivity index (χ4v) is 4.28. The molecule has 3 aromatic rings. The zero-order chi connectivity index (χ0) is 15.5. The van der Waals surface area contributed by atoms with Gasteiger partial charge in [-0.25, -0.2) is 0 Å². The Bertz CT molecular complexity index is 735. The maximum atomic E-state index is 4.46. The molecule has 0 aromatic carbocycles. The molecule has 23 heavy (non-hydrogen) atoms. The maximum Gasteiger partial charge on any atom is 0.0749 e. The van der Waals surface area contributed by atoms with Gasteiger partial charge in [-0.2, -0.15) is 5.10 Å². The second kappa shape index (κ2) is 6.64. The lowest BCUT2D eigenvalue weighted by Gasteiger charge is -2.14. The van der Waals surface area contributed by atoms with Crippen molar-refractivity contribution in [3.63, 3.8) is 0 Å². The number of aromatic amines is 1. The van der Waals surface area contributed by atoms with Crippen LogP contribution in [-0.4, -0.2) is 33.2 Å². The van der Waals surface area contributed by atoms with Crippen LogP contribution in [0.15, 0.2) is 48.8 Å². The van der Waals surface area contributed by atoms with Crippen molar-refractivity contribution >= 4 is 11.3 Å². The van der Waals surface area contributed by atoms with Crippen molar-refractivity contribution in [2.24, 2.45) is 5.92 Å². The van der Waals surface area contributed by atoms with Gasteiger partial charge in [-0.1, -0.05) is 6.07 Å². The van der Waals surface area contributed by atoms with E-state index in [0.29, 0.717) is 0 Å². The highest BCUT2D eigenvalue weighted by Gasteiger charge is 2.23. The molecule has 0 spiro atoms. The predicted molar refractivity (Wildman–Crippen MR) is 93.2 cm³/mol. The second-order valence-corrected chi connectivity index (χ2v) is 7.32. The molecular formula is C18H20N4S. The lowest BCUT2D eigenvalue weighted by molar-refractivity contribution is 0.319. The van der Waals surface area contributed by atoms with Gasteiger partial charge in [-0.3, -0.25) is 15.0 Å². The molecule has 1 unspecified atom stereocenters. The molecular weight excluding hydrogens is 304 g/mol. The van der Waals surface area contributed by atoms with E-state index in [0.717, 1.165) is 24.6 Å². The van der Waals surface area contributed by atoms with Crippen molar-refractivity contribution in [3.8, 4) is 10.6 Å². The first-order valence-corrected chi connectivity index (χ1v) is 8.89. The number of likely N-dealkylation sites (tertiary alicyclic amines) is 1. The molecule has 0 amide bonds. The van der Waals surface area contributed by atoms with E-state index in [-0.39, 0.29) is 0 Å². The first-order valence-electron chi connectivity index (χ1n) is 8.07. The summed E-state index contributed by atoms with van der Waals surface area (Å²) in [4.78, 5) is 9.71. The normalized spacial score (nSPS) is 18.5. The highest BCUT2D eigenvalue weighted by molar-refractivity contribution is 7.15. The molecule has 1 N–H and O–H groups in total. The smallest absolute Gasteiger partial charge is 0.0749 e. The summed E-state index contributed by atoms with van der Waals surface area (Å²) in [5, 5.41) is 7.06. The number of H-pyrrole nitrogens is 1. The molecule has 5 heteroatoms. The SMILES string of the molecule is c1ccc(CC2CCN(Cc3ccc(-c4ccn[nH]4)s3)C2)nc1. The van der Waals surface area contributed by atoms with Crippen LogP contribution in [0.1, 0.15) is 17.0 Å².